The highest BCUT2D eigenvalue weighted by Crippen LogP contribution is 2.28. The van der Waals surface area contributed by atoms with Crippen LogP contribution in [0.15, 0.2) is 48.5 Å². The Balaban J connectivity index is 1.56. The molecule has 1 aliphatic rings. The Morgan fingerprint density at radius 1 is 1.14 bits per heavy atom. The number of nitrogens with one attached hydrogen (secondary N) is 1. The monoisotopic (exact) mass is 383 g/mol. The molecule has 1 unspecified atom stereocenters. The quantitative estimate of drug-likeness (QED) is 0.607. The lowest BCUT2D eigenvalue weighted by Crippen LogP contribution is -2.44. The molecule has 0 bridgehead atoms. The number of nitrogens with zero attached hydrogens (tertiary/aromatic N) is 2. The molecule has 2 amide bonds. The molecule has 0 saturated carbocycles. The number of rotatable bonds is 5. The van der Waals surface area contributed by atoms with Crippen molar-refractivity contribution in [1.82, 2.24) is 10.2 Å². The van der Waals surface area contributed by atoms with Gasteiger partial charge in [-0.05, 0) is 36.1 Å². The van der Waals surface area contributed by atoms with Crippen molar-refractivity contribution in [3.05, 3.63) is 75.3 Å². The number of aromatic carboxylic acids is 1. The molecule has 1 atom stereocenters. The van der Waals surface area contributed by atoms with Crippen molar-refractivity contribution in [2.75, 3.05) is 13.1 Å². The van der Waals surface area contributed by atoms with Crippen LogP contribution in [0.2, 0.25) is 0 Å². The molecule has 1 fully saturated rings. The van der Waals surface area contributed by atoms with Crippen LogP contribution >= 0.6 is 0 Å². The zero-order valence-electron chi connectivity index (χ0n) is 15.2. The van der Waals surface area contributed by atoms with Crippen molar-refractivity contribution in [2.24, 2.45) is 0 Å². The van der Waals surface area contributed by atoms with Gasteiger partial charge in [-0.25, -0.2) is 9.59 Å². The standard InChI is InChI=1S/C20H21N3O5/c24-19(25)16-5-3-14(4-6-16)12-21-20(26)22-11-1-2-17(13-22)15-7-9-18(10-8-15)23(27)28/h3-10,17H,1-2,11-13H2,(H,21,26)(H,24,25). The predicted octanol–water partition coefficient (Wildman–Crippen LogP) is 3.38. The third-order valence-corrected chi connectivity index (χ3v) is 4.93. The van der Waals surface area contributed by atoms with Crippen LogP contribution in [0.5, 0.6) is 0 Å². The maximum absolute atomic E-state index is 12.5. The van der Waals surface area contributed by atoms with Crippen LogP contribution in [0.25, 0.3) is 0 Å². The lowest BCUT2D eigenvalue weighted by atomic mass is 9.90. The number of carbonyl (C=O) groups is 2. The summed E-state index contributed by atoms with van der Waals surface area (Å²) in [5.41, 5.74) is 2.08. The molecule has 0 aliphatic carbocycles. The maximum Gasteiger partial charge on any atom is 0.335 e. The molecule has 2 aromatic rings. The summed E-state index contributed by atoms with van der Waals surface area (Å²) in [5.74, 6) is -0.837. The highest BCUT2D eigenvalue weighted by molar-refractivity contribution is 5.87. The normalized spacial score (nSPS) is 16.4. The molecule has 2 N–H and O–H groups in total. The molecule has 0 aromatic heterocycles. The zero-order valence-corrected chi connectivity index (χ0v) is 15.2. The van der Waals surface area contributed by atoms with Gasteiger partial charge in [0.05, 0.1) is 10.5 Å². The van der Waals surface area contributed by atoms with E-state index in [1.807, 2.05) is 0 Å². The van der Waals surface area contributed by atoms with Gasteiger partial charge < -0.3 is 15.3 Å². The van der Waals surface area contributed by atoms with E-state index in [0.29, 0.717) is 19.6 Å². The van der Waals surface area contributed by atoms with Gasteiger partial charge in [0.25, 0.3) is 5.69 Å². The molecular weight excluding hydrogens is 362 g/mol. The van der Waals surface area contributed by atoms with Crippen LogP contribution in [0, 0.1) is 10.1 Å². The van der Waals surface area contributed by atoms with Gasteiger partial charge in [0.15, 0.2) is 0 Å². The van der Waals surface area contributed by atoms with E-state index >= 15 is 0 Å². The van der Waals surface area contributed by atoms with Gasteiger partial charge in [-0.3, -0.25) is 10.1 Å². The van der Waals surface area contributed by atoms with Gasteiger partial charge in [0.2, 0.25) is 0 Å². The van der Waals surface area contributed by atoms with Crippen molar-refractivity contribution >= 4 is 17.7 Å². The van der Waals surface area contributed by atoms with Crippen LogP contribution in [-0.4, -0.2) is 40.0 Å². The van der Waals surface area contributed by atoms with Crippen molar-refractivity contribution in [3.8, 4) is 0 Å². The molecule has 0 radical (unpaired) electrons. The molecule has 0 spiro atoms. The number of carbonyl (C=O) groups excluding carboxylic acids is 1. The number of urea groups is 1. The average molecular weight is 383 g/mol. The number of likely N-dealkylation sites (tertiary alicyclic amines) is 1. The highest BCUT2D eigenvalue weighted by atomic mass is 16.6. The molecule has 8 heteroatoms. The largest absolute Gasteiger partial charge is 0.478 e. The Labute approximate surface area is 161 Å². The van der Waals surface area contributed by atoms with E-state index in [2.05, 4.69) is 5.32 Å². The minimum atomic E-state index is -0.985. The molecule has 1 saturated heterocycles. The molecule has 28 heavy (non-hydrogen) atoms. The topological polar surface area (TPSA) is 113 Å². The molecule has 3 rings (SSSR count). The maximum atomic E-state index is 12.5. The molecule has 1 heterocycles. The molecule has 8 nitrogen and oxygen atoms in total. The van der Waals surface area contributed by atoms with Gasteiger partial charge in [-0.15, -0.1) is 0 Å². The SMILES string of the molecule is O=C(O)c1ccc(CNC(=O)N2CCCC(c3ccc([N+](=O)[O-])cc3)C2)cc1. The number of nitro groups is 1. The summed E-state index contributed by atoms with van der Waals surface area (Å²) < 4.78 is 0. The number of benzene rings is 2. The van der Waals surface area contributed by atoms with Crippen LogP contribution < -0.4 is 5.32 Å². The first-order valence-electron chi connectivity index (χ1n) is 9.03. The number of hydrogen-bond donors (Lipinski definition) is 2. The summed E-state index contributed by atoms with van der Waals surface area (Å²) >= 11 is 0. The number of non-ortho nitro benzene ring substituents is 1. The Morgan fingerprint density at radius 3 is 2.43 bits per heavy atom. The Bertz CT molecular complexity index is 864. The number of nitro benzene ring substituents is 1. The number of amides is 2. The Hall–Kier alpha value is -3.42. The Kier molecular flexibility index (Phi) is 5.88. The molecule has 1 aliphatic heterocycles. The van der Waals surface area contributed by atoms with E-state index in [1.165, 1.54) is 24.3 Å². The lowest BCUT2D eigenvalue weighted by molar-refractivity contribution is -0.384. The van der Waals surface area contributed by atoms with Crippen LogP contribution in [-0.2, 0) is 6.54 Å². The minimum absolute atomic E-state index is 0.0584. The van der Waals surface area contributed by atoms with Crippen molar-refractivity contribution in [2.45, 2.75) is 25.3 Å². The van der Waals surface area contributed by atoms with Gasteiger partial charge in [0.1, 0.15) is 0 Å². The number of carboxylic acids is 1. The smallest absolute Gasteiger partial charge is 0.335 e. The lowest BCUT2D eigenvalue weighted by Gasteiger charge is -2.33. The fourth-order valence-corrected chi connectivity index (χ4v) is 3.36. The number of hydrogen-bond acceptors (Lipinski definition) is 4. The fourth-order valence-electron chi connectivity index (χ4n) is 3.36. The van der Waals surface area contributed by atoms with E-state index in [1.54, 1.807) is 29.2 Å². The van der Waals surface area contributed by atoms with E-state index < -0.39 is 10.9 Å². The second-order valence-electron chi connectivity index (χ2n) is 6.79. The van der Waals surface area contributed by atoms with E-state index in [4.69, 9.17) is 5.11 Å². The van der Waals surface area contributed by atoms with Gasteiger partial charge in [0, 0.05) is 37.7 Å². The van der Waals surface area contributed by atoms with Crippen LogP contribution in [0.4, 0.5) is 10.5 Å². The minimum Gasteiger partial charge on any atom is -0.478 e. The second kappa shape index (κ2) is 8.51. The first-order chi connectivity index (χ1) is 13.4. The van der Waals surface area contributed by atoms with Crippen molar-refractivity contribution < 1.29 is 19.6 Å². The van der Waals surface area contributed by atoms with E-state index in [0.717, 1.165) is 24.0 Å². The van der Waals surface area contributed by atoms with Crippen molar-refractivity contribution in [3.63, 3.8) is 0 Å². The summed E-state index contributed by atoms with van der Waals surface area (Å²) in [7, 11) is 0. The zero-order chi connectivity index (χ0) is 20.1. The first kappa shape index (κ1) is 19.3. The van der Waals surface area contributed by atoms with Gasteiger partial charge in [-0.1, -0.05) is 24.3 Å². The summed E-state index contributed by atoms with van der Waals surface area (Å²) in [6.45, 7) is 1.53. The molecular formula is C20H21N3O5. The van der Waals surface area contributed by atoms with Crippen LogP contribution in [0.3, 0.4) is 0 Å². The number of piperidine rings is 1. The summed E-state index contributed by atoms with van der Waals surface area (Å²) in [6.07, 6.45) is 1.79. The highest BCUT2D eigenvalue weighted by Gasteiger charge is 2.25. The third-order valence-electron chi connectivity index (χ3n) is 4.93. The Morgan fingerprint density at radius 2 is 1.82 bits per heavy atom. The second-order valence-corrected chi connectivity index (χ2v) is 6.79. The fraction of sp³-hybridized carbons (Fsp3) is 0.300. The van der Waals surface area contributed by atoms with Gasteiger partial charge in [-0.2, -0.15) is 0 Å². The summed E-state index contributed by atoms with van der Waals surface area (Å²) in [5, 5.41) is 22.6. The van der Waals surface area contributed by atoms with E-state index in [-0.39, 0.29) is 23.2 Å². The van der Waals surface area contributed by atoms with Crippen LogP contribution in [0.1, 0.15) is 40.2 Å². The van der Waals surface area contributed by atoms with Crippen molar-refractivity contribution in [1.29, 1.82) is 0 Å². The first-order valence-corrected chi connectivity index (χ1v) is 9.03. The summed E-state index contributed by atoms with van der Waals surface area (Å²) in [4.78, 5) is 35.5. The predicted molar refractivity (Wildman–Crippen MR) is 102 cm³/mol. The van der Waals surface area contributed by atoms with Gasteiger partial charge >= 0.3 is 12.0 Å². The third kappa shape index (κ3) is 4.64. The van der Waals surface area contributed by atoms with E-state index in [9.17, 15) is 19.7 Å². The summed E-state index contributed by atoms with van der Waals surface area (Å²) in [6, 6.07) is 12.7. The number of carboxylic acid groups (broad SMARTS) is 1. The average Bonchev–Trinajstić information content (AvgIpc) is 2.72. The molecule has 146 valence electrons. The molecule has 2 aromatic carbocycles.